The van der Waals surface area contributed by atoms with E-state index in [9.17, 15) is 14.3 Å². The van der Waals surface area contributed by atoms with Gasteiger partial charge in [0.25, 0.3) is 0 Å². The molecule has 3 rings (SSSR count). The van der Waals surface area contributed by atoms with E-state index < -0.39 is 11.8 Å². The Morgan fingerprint density at radius 2 is 2.04 bits per heavy atom. The van der Waals surface area contributed by atoms with Gasteiger partial charge in [0.1, 0.15) is 11.3 Å². The van der Waals surface area contributed by atoms with E-state index in [4.69, 9.17) is 9.47 Å². The first kappa shape index (κ1) is 14.8. The van der Waals surface area contributed by atoms with Crippen LogP contribution in [0.5, 0.6) is 17.2 Å². The molecule has 3 aromatic rings. The molecule has 0 aliphatic heterocycles. The highest BCUT2D eigenvalue weighted by Crippen LogP contribution is 2.33. The zero-order valence-electron chi connectivity index (χ0n) is 12.4. The molecule has 0 atom stereocenters. The Balaban J connectivity index is 2.14. The van der Waals surface area contributed by atoms with Crippen LogP contribution in [-0.4, -0.2) is 28.0 Å². The van der Waals surface area contributed by atoms with Crippen LogP contribution in [0.15, 0.2) is 36.5 Å². The summed E-state index contributed by atoms with van der Waals surface area (Å²) in [6.45, 7) is 0. The van der Waals surface area contributed by atoms with Gasteiger partial charge in [-0.1, -0.05) is 0 Å². The number of phenols is 1. The van der Waals surface area contributed by atoms with Crippen LogP contribution in [0.4, 0.5) is 4.39 Å². The third-order valence-electron chi connectivity index (χ3n) is 3.35. The minimum absolute atomic E-state index is 0.0766. The number of benzene rings is 2. The Kier molecular flexibility index (Phi) is 3.61. The van der Waals surface area contributed by atoms with Gasteiger partial charge in [-0.05, 0) is 24.3 Å². The molecule has 0 spiro atoms. The number of rotatable bonds is 3. The summed E-state index contributed by atoms with van der Waals surface area (Å²) in [6.07, 6.45) is 1.57. The SMILES string of the molecule is COC(=O)c1cc(Oc2ccc(O)cc2F)c2c(cnn2C)c1. The predicted octanol–water partition coefficient (Wildman–Crippen LogP) is 3.00. The number of aromatic nitrogens is 2. The van der Waals surface area contributed by atoms with Crippen LogP contribution in [0.2, 0.25) is 0 Å². The predicted molar refractivity (Wildman–Crippen MR) is 80.2 cm³/mol. The number of halogens is 1. The first-order valence-electron chi connectivity index (χ1n) is 6.70. The Morgan fingerprint density at radius 3 is 2.74 bits per heavy atom. The summed E-state index contributed by atoms with van der Waals surface area (Å²) >= 11 is 0. The van der Waals surface area contributed by atoms with Crippen molar-refractivity contribution in [2.45, 2.75) is 0 Å². The largest absolute Gasteiger partial charge is 0.508 e. The van der Waals surface area contributed by atoms with E-state index in [0.29, 0.717) is 10.9 Å². The van der Waals surface area contributed by atoms with Crippen molar-refractivity contribution in [2.75, 3.05) is 7.11 Å². The highest BCUT2D eigenvalue weighted by Gasteiger charge is 2.16. The average molecular weight is 316 g/mol. The van der Waals surface area contributed by atoms with Crippen molar-refractivity contribution in [3.05, 3.63) is 47.9 Å². The fraction of sp³-hybridized carbons (Fsp3) is 0.125. The van der Waals surface area contributed by atoms with Crippen molar-refractivity contribution in [3.8, 4) is 17.2 Å². The second kappa shape index (κ2) is 5.60. The van der Waals surface area contributed by atoms with Crippen LogP contribution < -0.4 is 4.74 Å². The van der Waals surface area contributed by atoms with E-state index in [1.807, 2.05) is 0 Å². The summed E-state index contributed by atoms with van der Waals surface area (Å²) in [5, 5.41) is 14.0. The molecule has 0 aliphatic carbocycles. The highest BCUT2D eigenvalue weighted by molar-refractivity contribution is 5.97. The van der Waals surface area contributed by atoms with Crippen molar-refractivity contribution in [2.24, 2.45) is 7.05 Å². The fourth-order valence-corrected chi connectivity index (χ4v) is 2.29. The number of hydrogen-bond donors (Lipinski definition) is 1. The first-order valence-corrected chi connectivity index (χ1v) is 6.70. The lowest BCUT2D eigenvalue weighted by Crippen LogP contribution is -2.02. The number of ether oxygens (including phenoxy) is 2. The topological polar surface area (TPSA) is 73.6 Å². The number of methoxy groups -OCH3 is 1. The van der Waals surface area contributed by atoms with Crippen molar-refractivity contribution >= 4 is 16.9 Å². The zero-order chi connectivity index (χ0) is 16.6. The van der Waals surface area contributed by atoms with Gasteiger partial charge in [-0.15, -0.1) is 0 Å². The summed E-state index contributed by atoms with van der Waals surface area (Å²) < 4.78 is 25.8. The van der Waals surface area contributed by atoms with Crippen LogP contribution in [0.1, 0.15) is 10.4 Å². The number of carbonyl (C=O) groups excluding carboxylic acids is 1. The van der Waals surface area contributed by atoms with E-state index in [-0.39, 0.29) is 22.8 Å². The quantitative estimate of drug-likeness (QED) is 0.752. The Bertz CT molecular complexity index is 904. The smallest absolute Gasteiger partial charge is 0.338 e. The number of aryl methyl sites for hydroxylation is 1. The van der Waals surface area contributed by atoms with Crippen LogP contribution in [-0.2, 0) is 11.8 Å². The lowest BCUT2D eigenvalue weighted by molar-refractivity contribution is 0.0600. The van der Waals surface area contributed by atoms with Crippen LogP contribution >= 0.6 is 0 Å². The van der Waals surface area contributed by atoms with Crippen molar-refractivity contribution < 1.29 is 23.8 Å². The average Bonchev–Trinajstić information content (AvgIpc) is 2.90. The fourth-order valence-electron chi connectivity index (χ4n) is 2.29. The van der Waals surface area contributed by atoms with Gasteiger partial charge in [0, 0.05) is 18.5 Å². The Labute approximate surface area is 130 Å². The lowest BCUT2D eigenvalue weighted by Gasteiger charge is -2.11. The molecule has 2 aromatic carbocycles. The standard InChI is InChI=1S/C16H13FN2O4/c1-19-15-10(8-18-19)5-9(16(21)22-2)6-14(15)23-13-4-3-11(20)7-12(13)17/h3-8,20H,1-2H3. The summed E-state index contributed by atoms with van der Waals surface area (Å²) in [4.78, 5) is 11.8. The Hall–Kier alpha value is -3.09. The highest BCUT2D eigenvalue weighted by atomic mass is 19.1. The molecule has 0 aliphatic rings. The summed E-state index contributed by atoms with van der Waals surface area (Å²) in [7, 11) is 2.98. The number of aromatic hydroxyl groups is 1. The third kappa shape index (κ3) is 2.68. The molecule has 0 unspecified atom stereocenters. The molecule has 23 heavy (non-hydrogen) atoms. The number of fused-ring (bicyclic) bond motifs is 1. The van der Waals surface area contributed by atoms with E-state index in [1.54, 1.807) is 24.0 Å². The van der Waals surface area contributed by atoms with Gasteiger partial charge < -0.3 is 14.6 Å². The van der Waals surface area contributed by atoms with E-state index >= 15 is 0 Å². The van der Waals surface area contributed by atoms with Gasteiger partial charge >= 0.3 is 5.97 Å². The summed E-state index contributed by atoms with van der Waals surface area (Å²) in [6, 6.07) is 6.64. The van der Waals surface area contributed by atoms with Gasteiger partial charge in [0.2, 0.25) is 0 Å². The molecule has 1 aromatic heterocycles. The molecule has 1 heterocycles. The van der Waals surface area contributed by atoms with Crippen molar-refractivity contribution in [1.29, 1.82) is 0 Å². The molecular weight excluding hydrogens is 303 g/mol. The van der Waals surface area contributed by atoms with Gasteiger partial charge in [-0.2, -0.15) is 5.10 Å². The number of esters is 1. The van der Waals surface area contributed by atoms with Crippen molar-refractivity contribution in [3.63, 3.8) is 0 Å². The van der Waals surface area contributed by atoms with Crippen LogP contribution in [0, 0.1) is 5.82 Å². The summed E-state index contributed by atoms with van der Waals surface area (Å²) in [5.74, 6) is -1.28. The maximum Gasteiger partial charge on any atom is 0.338 e. The zero-order valence-corrected chi connectivity index (χ0v) is 12.4. The molecule has 0 fully saturated rings. The molecule has 6 nitrogen and oxygen atoms in total. The van der Waals surface area contributed by atoms with Gasteiger partial charge in [-0.3, -0.25) is 4.68 Å². The molecule has 7 heteroatoms. The lowest BCUT2D eigenvalue weighted by atomic mass is 10.1. The minimum Gasteiger partial charge on any atom is -0.508 e. The maximum atomic E-state index is 13.9. The number of carbonyl (C=O) groups is 1. The van der Waals surface area contributed by atoms with Gasteiger partial charge in [0.05, 0.1) is 18.9 Å². The number of nitrogens with zero attached hydrogens (tertiary/aromatic N) is 2. The summed E-state index contributed by atoms with van der Waals surface area (Å²) in [5.41, 5.74) is 0.868. The molecule has 0 amide bonds. The van der Waals surface area contributed by atoms with Crippen LogP contribution in [0.3, 0.4) is 0 Å². The van der Waals surface area contributed by atoms with E-state index in [0.717, 1.165) is 6.07 Å². The molecule has 1 N–H and O–H groups in total. The third-order valence-corrected chi connectivity index (χ3v) is 3.35. The molecule has 0 radical (unpaired) electrons. The number of phenolic OH excluding ortho intramolecular Hbond substituents is 1. The second-order valence-corrected chi connectivity index (χ2v) is 4.89. The minimum atomic E-state index is -0.719. The molecular formula is C16H13FN2O4. The number of hydrogen-bond acceptors (Lipinski definition) is 5. The van der Waals surface area contributed by atoms with E-state index in [2.05, 4.69) is 5.10 Å². The molecule has 0 bridgehead atoms. The van der Waals surface area contributed by atoms with Gasteiger partial charge in [-0.25, -0.2) is 9.18 Å². The normalized spacial score (nSPS) is 10.7. The van der Waals surface area contributed by atoms with Crippen molar-refractivity contribution in [1.82, 2.24) is 9.78 Å². The molecule has 0 saturated heterocycles. The maximum absolute atomic E-state index is 13.9. The first-order chi connectivity index (χ1) is 11.0. The van der Waals surface area contributed by atoms with Crippen LogP contribution in [0.25, 0.3) is 10.9 Å². The molecule has 118 valence electrons. The Morgan fingerprint density at radius 1 is 1.26 bits per heavy atom. The molecule has 0 saturated carbocycles. The van der Waals surface area contributed by atoms with Gasteiger partial charge in [0.15, 0.2) is 17.3 Å². The monoisotopic (exact) mass is 316 g/mol. The second-order valence-electron chi connectivity index (χ2n) is 4.89. The van der Waals surface area contributed by atoms with E-state index in [1.165, 1.54) is 25.3 Å².